The Labute approximate surface area is 109 Å². The van der Waals surface area contributed by atoms with Gasteiger partial charge in [-0.3, -0.25) is 4.79 Å². The van der Waals surface area contributed by atoms with Crippen molar-refractivity contribution in [1.29, 1.82) is 0 Å². The number of carboxylic acids is 1. The largest absolute Gasteiger partial charge is 0.480 e. The predicted molar refractivity (Wildman–Crippen MR) is 68.6 cm³/mol. The van der Waals surface area contributed by atoms with E-state index in [2.05, 4.69) is 16.9 Å². The molecule has 1 rings (SSSR count). The lowest BCUT2D eigenvalue weighted by atomic mass is 10.2. The third-order valence-corrected chi connectivity index (χ3v) is 3.06. The van der Waals surface area contributed by atoms with Crippen LogP contribution < -0.4 is 11.1 Å². The van der Waals surface area contributed by atoms with Crippen molar-refractivity contribution < 1.29 is 14.7 Å². The summed E-state index contributed by atoms with van der Waals surface area (Å²) in [6.45, 7) is 3.91. The van der Waals surface area contributed by atoms with E-state index < -0.39 is 17.9 Å². The van der Waals surface area contributed by atoms with Crippen LogP contribution in [0.3, 0.4) is 0 Å². The molecule has 0 aliphatic rings. The zero-order chi connectivity index (χ0) is 13.5. The van der Waals surface area contributed by atoms with Crippen molar-refractivity contribution in [2.75, 3.05) is 6.54 Å². The summed E-state index contributed by atoms with van der Waals surface area (Å²) in [5, 5.41) is 13.6. The first kappa shape index (κ1) is 14.3. The molecule has 0 radical (unpaired) electrons. The summed E-state index contributed by atoms with van der Waals surface area (Å²) in [4.78, 5) is 26.7. The monoisotopic (exact) mass is 269 g/mol. The molecule has 0 saturated heterocycles. The maximum absolute atomic E-state index is 11.8. The SMILES string of the molecule is C=CCC(NC(=O)c1csc(CCN)n1)C(=O)O. The molecular formula is C11H15N3O3S. The van der Waals surface area contributed by atoms with Crippen LogP contribution in [0.5, 0.6) is 0 Å². The number of hydrogen-bond acceptors (Lipinski definition) is 5. The molecule has 1 aromatic heterocycles. The minimum absolute atomic E-state index is 0.168. The number of aliphatic carboxylic acids is 1. The molecule has 0 aromatic carbocycles. The second kappa shape index (κ2) is 6.87. The van der Waals surface area contributed by atoms with Crippen LogP contribution in [0.4, 0.5) is 0 Å². The van der Waals surface area contributed by atoms with Crippen LogP contribution in [0.15, 0.2) is 18.0 Å². The number of nitrogens with zero attached hydrogens (tertiary/aromatic N) is 1. The molecular weight excluding hydrogens is 254 g/mol. The number of hydrogen-bond donors (Lipinski definition) is 3. The van der Waals surface area contributed by atoms with Gasteiger partial charge in [-0.1, -0.05) is 6.08 Å². The highest BCUT2D eigenvalue weighted by Crippen LogP contribution is 2.10. The number of rotatable bonds is 7. The molecule has 18 heavy (non-hydrogen) atoms. The summed E-state index contributed by atoms with van der Waals surface area (Å²) in [6, 6.07) is -0.977. The predicted octanol–water partition coefficient (Wildman–Crippen LogP) is 0.403. The van der Waals surface area contributed by atoms with Gasteiger partial charge in [0.15, 0.2) is 0 Å². The molecule has 1 heterocycles. The summed E-state index contributed by atoms with van der Waals surface area (Å²) in [6.07, 6.45) is 2.22. The normalized spacial score (nSPS) is 11.8. The van der Waals surface area contributed by atoms with Gasteiger partial charge in [0.05, 0.1) is 5.01 Å². The Morgan fingerprint density at radius 2 is 2.39 bits per heavy atom. The minimum atomic E-state index is -1.10. The van der Waals surface area contributed by atoms with Crippen LogP contribution in [-0.2, 0) is 11.2 Å². The molecule has 0 aliphatic heterocycles. The van der Waals surface area contributed by atoms with Crippen molar-refractivity contribution in [1.82, 2.24) is 10.3 Å². The third kappa shape index (κ3) is 3.94. The summed E-state index contributed by atoms with van der Waals surface area (Å²) in [7, 11) is 0. The Morgan fingerprint density at radius 3 is 2.94 bits per heavy atom. The van der Waals surface area contributed by atoms with E-state index in [1.54, 1.807) is 5.38 Å². The van der Waals surface area contributed by atoms with E-state index in [-0.39, 0.29) is 12.1 Å². The second-order valence-corrected chi connectivity index (χ2v) is 4.50. The van der Waals surface area contributed by atoms with Gasteiger partial charge in [0.1, 0.15) is 11.7 Å². The number of nitrogens with one attached hydrogen (secondary N) is 1. The molecule has 1 aromatic rings. The van der Waals surface area contributed by atoms with Crippen LogP contribution in [0.25, 0.3) is 0 Å². The quantitative estimate of drug-likeness (QED) is 0.621. The second-order valence-electron chi connectivity index (χ2n) is 3.55. The number of thiazole rings is 1. The smallest absolute Gasteiger partial charge is 0.326 e. The molecule has 0 fully saturated rings. The van der Waals surface area contributed by atoms with Gasteiger partial charge in [0.2, 0.25) is 0 Å². The van der Waals surface area contributed by atoms with Crippen molar-refractivity contribution in [3.05, 3.63) is 28.7 Å². The van der Waals surface area contributed by atoms with E-state index in [4.69, 9.17) is 10.8 Å². The highest BCUT2D eigenvalue weighted by molar-refractivity contribution is 7.09. The highest BCUT2D eigenvalue weighted by atomic mass is 32.1. The lowest BCUT2D eigenvalue weighted by molar-refractivity contribution is -0.139. The Kier molecular flexibility index (Phi) is 5.47. The summed E-state index contributed by atoms with van der Waals surface area (Å²) in [5.41, 5.74) is 5.60. The fourth-order valence-corrected chi connectivity index (χ4v) is 2.07. The Balaban J connectivity index is 2.67. The molecule has 1 atom stereocenters. The molecule has 7 heteroatoms. The van der Waals surface area contributed by atoms with E-state index in [1.807, 2.05) is 0 Å². The van der Waals surface area contributed by atoms with Crippen molar-refractivity contribution in [3.63, 3.8) is 0 Å². The van der Waals surface area contributed by atoms with Gasteiger partial charge in [-0.05, 0) is 13.0 Å². The third-order valence-electron chi connectivity index (χ3n) is 2.15. The van der Waals surface area contributed by atoms with Crippen LogP contribution in [-0.4, -0.2) is 34.6 Å². The lowest BCUT2D eigenvalue weighted by Crippen LogP contribution is -2.40. The van der Waals surface area contributed by atoms with E-state index in [0.717, 1.165) is 5.01 Å². The van der Waals surface area contributed by atoms with E-state index in [1.165, 1.54) is 17.4 Å². The van der Waals surface area contributed by atoms with Crippen LogP contribution in [0.2, 0.25) is 0 Å². The topological polar surface area (TPSA) is 105 Å². The molecule has 0 bridgehead atoms. The molecule has 0 saturated carbocycles. The van der Waals surface area contributed by atoms with Gasteiger partial charge in [-0.15, -0.1) is 17.9 Å². The lowest BCUT2D eigenvalue weighted by Gasteiger charge is -2.10. The van der Waals surface area contributed by atoms with Gasteiger partial charge >= 0.3 is 5.97 Å². The highest BCUT2D eigenvalue weighted by Gasteiger charge is 2.20. The van der Waals surface area contributed by atoms with Gasteiger partial charge in [0, 0.05) is 11.8 Å². The number of carboxylic acid groups (broad SMARTS) is 1. The maximum atomic E-state index is 11.8. The molecule has 1 amide bonds. The Hall–Kier alpha value is -1.73. The zero-order valence-corrected chi connectivity index (χ0v) is 10.6. The number of nitrogens with two attached hydrogens (primary N) is 1. The van der Waals surface area contributed by atoms with Gasteiger partial charge in [-0.2, -0.15) is 0 Å². The number of amides is 1. The van der Waals surface area contributed by atoms with Gasteiger partial charge < -0.3 is 16.2 Å². The van der Waals surface area contributed by atoms with E-state index in [9.17, 15) is 9.59 Å². The molecule has 0 aliphatic carbocycles. The Morgan fingerprint density at radius 1 is 1.67 bits per heavy atom. The first-order chi connectivity index (χ1) is 8.58. The molecule has 0 spiro atoms. The minimum Gasteiger partial charge on any atom is -0.480 e. The summed E-state index contributed by atoms with van der Waals surface area (Å²) >= 11 is 1.33. The first-order valence-electron chi connectivity index (χ1n) is 5.37. The van der Waals surface area contributed by atoms with Crippen molar-refractivity contribution in [2.24, 2.45) is 5.73 Å². The van der Waals surface area contributed by atoms with Crippen molar-refractivity contribution in [3.8, 4) is 0 Å². The molecule has 98 valence electrons. The van der Waals surface area contributed by atoms with Crippen molar-refractivity contribution in [2.45, 2.75) is 18.9 Å². The van der Waals surface area contributed by atoms with Gasteiger partial charge in [0.25, 0.3) is 5.91 Å². The van der Waals surface area contributed by atoms with E-state index in [0.29, 0.717) is 13.0 Å². The standard InChI is InChI=1S/C11H15N3O3S/c1-2-3-7(11(16)17)14-10(15)8-6-18-9(13-8)4-5-12/h2,6-7H,1,3-5,12H2,(H,14,15)(H,16,17). The first-order valence-corrected chi connectivity index (χ1v) is 6.25. The van der Waals surface area contributed by atoms with Crippen LogP contribution in [0.1, 0.15) is 21.9 Å². The van der Waals surface area contributed by atoms with Crippen LogP contribution in [0, 0.1) is 0 Å². The van der Waals surface area contributed by atoms with Crippen molar-refractivity contribution >= 4 is 23.2 Å². The average molecular weight is 269 g/mol. The summed E-state index contributed by atoms with van der Waals surface area (Å²) < 4.78 is 0. The zero-order valence-electron chi connectivity index (χ0n) is 9.76. The number of carbonyl (C=O) groups is 2. The number of aromatic nitrogens is 1. The molecule has 6 nitrogen and oxygen atoms in total. The molecule has 1 unspecified atom stereocenters. The summed E-state index contributed by atoms with van der Waals surface area (Å²) in [5.74, 6) is -1.59. The molecule has 4 N–H and O–H groups in total. The fourth-order valence-electron chi connectivity index (χ4n) is 1.27. The maximum Gasteiger partial charge on any atom is 0.326 e. The van der Waals surface area contributed by atoms with Gasteiger partial charge in [-0.25, -0.2) is 9.78 Å². The average Bonchev–Trinajstić information content (AvgIpc) is 2.77. The Bertz CT molecular complexity index is 444. The fraction of sp³-hybridized carbons (Fsp3) is 0.364. The number of carbonyl (C=O) groups excluding carboxylic acids is 1. The van der Waals surface area contributed by atoms with Crippen LogP contribution >= 0.6 is 11.3 Å². The van der Waals surface area contributed by atoms with E-state index >= 15 is 0 Å².